The largest absolute Gasteiger partial charge is 1.00 e. The molecule has 3 aromatic rings. The Kier molecular flexibility index (Phi) is 4.71. The van der Waals surface area contributed by atoms with Crippen LogP contribution in [0.2, 0.25) is 0 Å². The second kappa shape index (κ2) is 6.94. The van der Waals surface area contributed by atoms with Gasteiger partial charge in [-0.15, -0.1) is 10.2 Å². The number of aromatic amines is 1. The van der Waals surface area contributed by atoms with E-state index in [1.54, 1.807) is 6.34 Å². The Balaban J connectivity index is 0.00000182. The van der Waals surface area contributed by atoms with E-state index in [-0.39, 0.29) is 17.0 Å². The zero-order chi connectivity index (χ0) is 16.5. The lowest BCUT2D eigenvalue weighted by molar-refractivity contribution is -0.755. The SMILES string of the molecule is Cc1n[nH][n+](N2N(c3ccccc3)C=NN2c2ccccc2)c1C.[Br-]. The zero-order valence-corrected chi connectivity index (χ0v) is 15.5. The lowest BCUT2D eigenvalue weighted by Crippen LogP contribution is -3.00. The van der Waals surface area contributed by atoms with Crippen LogP contribution in [0, 0.1) is 13.8 Å². The van der Waals surface area contributed by atoms with Crippen molar-refractivity contribution in [2.24, 2.45) is 5.10 Å². The maximum atomic E-state index is 4.56. The number of nitrogens with zero attached hydrogens (tertiary/aromatic N) is 6. The number of para-hydroxylation sites is 2. The van der Waals surface area contributed by atoms with Crippen molar-refractivity contribution in [3.63, 3.8) is 0 Å². The maximum absolute atomic E-state index is 4.56. The van der Waals surface area contributed by atoms with Gasteiger partial charge in [0.15, 0.2) is 0 Å². The zero-order valence-electron chi connectivity index (χ0n) is 13.9. The Labute approximate surface area is 156 Å². The van der Waals surface area contributed by atoms with E-state index in [0.717, 1.165) is 22.8 Å². The number of nitrogens with one attached hydrogen (secondary N) is 1. The van der Waals surface area contributed by atoms with Crippen molar-refractivity contribution in [1.29, 1.82) is 0 Å². The second-order valence-corrected chi connectivity index (χ2v) is 5.50. The van der Waals surface area contributed by atoms with Gasteiger partial charge < -0.3 is 17.0 Å². The molecule has 0 fully saturated rings. The van der Waals surface area contributed by atoms with Gasteiger partial charge >= 0.3 is 0 Å². The van der Waals surface area contributed by atoms with Crippen molar-refractivity contribution in [2.45, 2.75) is 13.8 Å². The lowest BCUT2D eigenvalue weighted by atomic mass is 10.3. The first kappa shape index (κ1) is 17.0. The third-order valence-electron chi connectivity index (χ3n) is 3.97. The van der Waals surface area contributed by atoms with Crippen molar-refractivity contribution >= 4 is 17.7 Å². The van der Waals surface area contributed by atoms with Crippen LogP contribution in [0.15, 0.2) is 65.8 Å². The molecule has 1 aromatic heterocycles. The van der Waals surface area contributed by atoms with Gasteiger partial charge in [-0.05, 0) is 34.3 Å². The number of halogens is 1. The molecule has 2 aromatic carbocycles. The number of hydrazone groups is 1. The number of aromatic nitrogens is 3. The molecule has 1 aliphatic heterocycles. The summed E-state index contributed by atoms with van der Waals surface area (Å²) in [5.74, 6) is 0. The fourth-order valence-electron chi connectivity index (χ4n) is 2.55. The van der Waals surface area contributed by atoms with E-state index in [4.69, 9.17) is 0 Å². The van der Waals surface area contributed by atoms with Gasteiger partial charge in [0, 0.05) is 24.2 Å². The molecular formula is C17H18BrN7. The van der Waals surface area contributed by atoms with Crippen LogP contribution in [-0.2, 0) is 0 Å². The summed E-state index contributed by atoms with van der Waals surface area (Å²) in [6.07, 6.45) is 1.78. The number of hydrogen-bond donors (Lipinski definition) is 1. The minimum atomic E-state index is 0. The molecule has 0 bridgehead atoms. The van der Waals surface area contributed by atoms with Crippen LogP contribution < -0.4 is 37.1 Å². The Morgan fingerprint density at radius 2 is 1.48 bits per heavy atom. The van der Waals surface area contributed by atoms with Crippen molar-refractivity contribution in [1.82, 2.24) is 10.3 Å². The molecule has 7 nitrogen and oxygen atoms in total. The van der Waals surface area contributed by atoms with Crippen LogP contribution in [0.25, 0.3) is 0 Å². The third kappa shape index (κ3) is 2.96. The number of hydrazine groups is 2. The highest BCUT2D eigenvalue weighted by Gasteiger charge is 2.35. The highest BCUT2D eigenvalue weighted by atomic mass is 79.9. The molecule has 0 atom stereocenters. The van der Waals surface area contributed by atoms with E-state index in [1.165, 1.54) is 0 Å². The average molecular weight is 400 g/mol. The molecule has 4 rings (SSSR count). The number of anilines is 2. The molecule has 0 saturated carbocycles. The average Bonchev–Trinajstić information content (AvgIpc) is 3.21. The highest BCUT2D eigenvalue weighted by molar-refractivity contribution is 5.84. The van der Waals surface area contributed by atoms with E-state index in [0.29, 0.717) is 0 Å². The summed E-state index contributed by atoms with van der Waals surface area (Å²) in [5.41, 5.74) is 3.88. The minimum absolute atomic E-state index is 0. The highest BCUT2D eigenvalue weighted by Crippen LogP contribution is 2.23. The summed E-state index contributed by atoms with van der Waals surface area (Å²) in [5, 5.41) is 17.6. The second-order valence-electron chi connectivity index (χ2n) is 5.50. The normalized spacial score (nSPS) is 13.3. The van der Waals surface area contributed by atoms with Crippen molar-refractivity contribution in [3.05, 3.63) is 72.1 Å². The Morgan fingerprint density at radius 1 is 0.880 bits per heavy atom. The molecule has 1 aliphatic rings. The van der Waals surface area contributed by atoms with Crippen LogP contribution >= 0.6 is 0 Å². The minimum Gasteiger partial charge on any atom is -1.00 e. The molecule has 25 heavy (non-hydrogen) atoms. The quantitative estimate of drug-likeness (QED) is 0.577. The lowest BCUT2D eigenvalue weighted by Gasteiger charge is -2.29. The van der Waals surface area contributed by atoms with Crippen molar-refractivity contribution in [2.75, 3.05) is 15.4 Å². The fraction of sp³-hybridized carbons (Fsp3) is 0.118. The first-order chi connectivity index (χ1) is 11.8. The van der Waals surface area contributed by atoms with Crippen LogP contribution in [0.3, 0.4) is 0 Å². The molecule has 2 heterocycles. The molecule has 0 unspecified atom stereocenters. The first-order valence-corrected chi connectivity index (χ1v) is 7.73. The number of H-pyrrole nitrogens is 1. The molecular weight excluding hydrogens is 382 g/mol. The smallest absolute Gasteiger partial charge is 0.221 e. The number of aryl methyl sites for hydroxylation is 1. The van der Waals surface area contributed by atoms with E-state index in [1.807, 2.05) is 94.7 Å². The Bertz CT molecular complexity index is 814. The van der Waals surface area contributed by atoms with Gasteiger partial charge in [0.05, 0.1) is 11.4 Å². The van der Waals surface area contributed by atoms with Gasteiger partial charge in [-0.3, -0.25) is 0 Å². The molecule has 128 valence electrons. The molecule has 0 amide bonds. The monoisotopic (exact) mass is 399 g/mol. The van der Waals surface area contributed by atoms with Gasteiger partial charge in [-0.25, -0.2) is 0 Å². The van der Waals surface area contributed by atoms with E-state index >= 15 is 0 Å². The van der Waals surface area contributed by atoms with Gasteiger partial charge in [0.25, 0.3) is 0 Å². The fourth-order valence-corrected chi connectivity index (χ4v) is 2.55. The summed E-state index contributed by atoms with van der Waals surface area (Å²) < 4.78 is 0. The van der Waals surface area contributed by atoms with Crippen LogP contribution in [0.4, 0.5) is 11.4 Å². The molecule has 0 radical (unpaired) electrons. The van der Waals surface area contributed by atoms with Crippen molar-refractivity contribution < 1.29 is 21.8 Å². The van der Waals surface area contributed by atoms with E-state index < -0.39 is 0 Å². The van der Waals surface area contributed by atoms with E-state index in [9.17, 15) is 0 Å². The predicted octanol–water partition coefficient (Wildman–Crippen LogP) is -0.944. The van der Waals surface area contributed by atoms with Gasteiger partial charge in [-0.2, -0.15) is 5.01 Å². The third-order valence-corrected chi connectivity index (χ3v) is 3.97. The van der Waals surface area contributed by atoms with Crippen LogP contribution in [-0.4, -0.2) is 16.7 Å². The summed E-state index contributed by atoms with van der Waals surface area (Å²) in [6.45, 7) is 3.99. The summed E-state index contributed by atoms with van der Waals surface area (Å²) in [6, 6.07) is 20.1. The molecule has 0 aliphatic carbocycles. The molecule has 8 heteroatoms. The van der Waals surface area contributed by atoms with Gasteiger partial charge in [0.2, 0.25) is 11.4 Å². The molecule has 1 N–H and O–H groups in total. The maximum Gasteiger partial charge on any atom is 0.221 e. The Hall–Kier alpha value is -2.87. The van der Waals surface area contributed by atoms with Crippen molar-refractivity contribution in [3.8, 4) is 0 Å². The molecule has 0 spiro atoms. The first-order valence-electron chi connectivity index (χ1n) is 7.73. The van der Waals surface area contributed by atoms with Crippen LogP contribution in [0.5, 0.6) is 0 Å². The summed E-state index contributed by atoms with van der Waals surface area (Å²) in [7, 11) is 0. The number of benzene rings is 2. The summed E-state index contributed by atoms with van der Waals surface area (Å²) >= 11 is 0. The van der Waals surface area contributed by atoms with Gasteiger partial charge in [-0.1, -0.05) is 36.4 Å². The summed E-state index contributed by atoms with van der Waals surface area (Å²) in [4.78, 5) is 1.86. The standard InChI is InChI=1S/C17H17N7.BrH/c1-14-15(2)22(20-19-14)24-21(16-9-5-3-6-10-16)13-18-23(24)17-11-7-4-8-12-17;/h3-13H,1-2H3;1H. The van der Waals surface area contributed by atoms with Gasteiger partial charge in [0.1, 0.15) is 6.34 Å². The number of hydrogen-bond acceptors (Lipinski definition) is 5. The topological polar surface area (TPSA) is 54.6 Å². The number of rotatable bonds is 3. The van der Waals surface area contributed by atoms with Crippen LogP contribution in [0.1, 0.15) is 11.4 Å². The molecule has 0 saturated heterocycles. The van der Waals surface area contributed by atoms with E-state index in [2.05, 4.69) is 15.4 Å². The Morgan fingerprint density at radius 3 is 2.04 bits per heavy atom. The predicted molar refractivity (Wildman–Crippen MR) is 92.8 cm³/mol.